The van der Waals surface area contributed by atoms with Gasteiger partial charge in [0.05, 0.1) is 0 Å². The van der Waals surface area contributed by atoms with E-state index in [0.717, 1.165) is 18.4 Å². The maximum Gasteiger partial charge on any atom is 0.246 e. The Kier molecular flexibility index (Phi) is 3.96. The Morgan fingerprint density at radius 1 is 1.46 bits per heavy atom. The summed E-state index contributed by atoms with van der Waals surface area (Å²) in [5.74, 6) is 0.0577. The maximum atomic E-state index is 11.5. The molecule has 0 unspecified atom stereocenters. The van der Waals surface area contributed by atoms with Crippen LogP contribution in [0.15, 0.2) is 11.1 Å². The summed E-state index contributed by atoms with van der Waals surface area (Å²) in [6.07, 6.45) is 4.66. The Morgan fingerprint density at radius 3 is 2.62 bits per heavy atom. The average molecular weight is 182 g/mol. The lowest BCUT2D eigenvalue weighted by Gasteiger charge is -2.06. The van der Waals surface area contributed by atoms with Crippen molar-refractivity contribution >= 4 is 5.91 Å². The van der Waals surface area contributed by atoms with Crippen molar-refractivity contribution in [3.8, 4) is 0 Å². The van der Waals surface area contributed by atoms with Crippen molar-refractivity contribution in [1.29, 1.82) is 0 Å². The monoisotopic (exact) mass is 182 g/mol. The van der Waals surface area contributed by atoms with Crippen molar-refractivity contribution in [2.75, 3.05) is 13.1 Å². The Hall–Kier alpha value is -0.830. The number of amides is 1. The van der Waals surface area contributed by atoms with Crippen molar-refractivity contribution in [3.05, 3.63) is 11.1 Å². The van der Waals surface area contributed by atoms with Gasteiger partial charge >= 0.3 is 0 Å². The van der Waals surface area contributed by atoms with E-state index in [1.165, 1.54) is 18.4 Å². The van der Waals surface area contributed by atoms with E-state index in [1.54, 1.807) is 0 Å². The Labute approximate surface area is 79.4 Å². The zero-order valence-corrected chi connectivity index (χ0v) is 8.23. The van der Waals surface area contributed by atoms with Gasteiger partial charge in [0.2, 0.25) is 5.91 Å². The Morgan fingerprint density at radius 2 is 2.08 bits per heavy atom. The molecule has 0 aromatic rings. The highest BCUT2D eigenvalue weighted by molar-refractivity contribution is 5.93. The summed E-state index contributed by atoms with van der Waals surface area (Å²) in [6.45, 7) is 2.99. The fraction of sp³-hybridized carbons (Fsp3) is 0.700. The molecule has 1 saturated carbocycles. The zero-order valence-electron chi connectivity index (χ0n) is 8.23. The highest BCUT2D eigenvalue weighted by Crippen LogP contribution is 2.26. The van der Waals surface area contributed by atoms with Gasteiger partial charge in [0.1, 0.15) is 0 Å². The van der Waals surface area contributed by atoms with Crippen LogP contribution in [0.3, 0.4) is 0 Å². The molecule has 0 bridgehead atoms. The summed E-state index contributed by atoms with van der Waals surface area (Å²) in [7, 11) is 0. The molecule has 1 aliphatic rings. The molecule has 0 aromatic heterocycles. The lowest BCUT2D eigenvalue weighted by atomic mass is 10.1. The number of nitrogens with one attached hydrogen (secondary N) is 1. The minimum absolute atomic E-state index is 0.0577. The number of rotatable bonds is 3. The minimum Gasteiger partial charge on any atom is -0.351 e. The van der Waals surface area contributed by atoms with Crippen LogP contribution in [0, 0.1) is 0 Å². The first-order chi connectivity index (χ1) is 6.25. The van der Waals surface area contributed by atoms with Crippen LogP contribution in [-0.4, -0.2) is 19.0 Å². The molecule has 0 atom stereocenters. The van der Waals surface area contributed by atoms with Crippen molar-refractivity contribution in [1.82, 2.24) is 5.32 Å². The third-order valence-electron chi connectivity index (χ3n) is 2.51. The van der Waals surface area contributed by atoms with E-state index in [2.05, 4.69) is 5.32 Å². The van der Waals surface area contributed by atoms with Crippen LogP contribution in [0.5, 0.6) is 0 Å². The van der Waals surface area contributed by atoms with Crippen LogP contribution >= 0.6 is 0 Å². The fourth-order valence-corrected chi connectivity index (χ4v) is 1.66. The van der Waals surface area contributed by atoms with E-state index in [4.69, 9.17) is 5.73 Å². The first-order valence-corrected chi connectivity index (χ1v) is 4.92. The maximum absolute atomic E-state index is 11.5. The molecular formula is C10H18N2O. The van der Waals surface area contributed by atoms with Gasteiger partial charge in [0.25, 0.3) is 0 Å². The van der Waals surface area contributed by atoms with E-state index < -0.39 is 0 Å². The highest BCUT2D eigenvalue weighted by atomic mass is 16.1. The second-order valence-electron chi connectivity index (χ2n) is 3.48. The number of allylic oxidation sites excluding steroid dienone is 1. The van der Waals surface area contributed by atoms with Crippen LogP contribution in [0.4, 0.5) is 0 Å². The lowest BCUT2D eigenvalue weighted by molar-refractivity contribution is -0.117. The van der Waals surface area contributed by atoms with Crippen molar-refractivity contribution < 1.29 is 4.79 Å². The first kappa shape index (κ1) is 10.3. The minimum atomic E-state index is 0.0577. The van der Waals surface area contributed by atoms with Crippen LogP contribution in [0.1, 0.15) is 32.6 Å². The Balaban J connectivity index is 2.49. The predicted octanol–water partition coefficient (Wildman–Crippen LogP) is 0.952. The lowest BCUT2D eigenvalue weighted by Crippen LogP contribution is -2.29. The summed E-state index contributed by atoms with van der Waals surface area (Å²) in [5.41, 5.74) is 7.54. The largest absolute Gasteiger partial charge is 0.351 e. The molecule has 1 amide bonds. The van der Waals surface area contributed by atoms with Crippen LogP contribution in [-0.2, 0) is 4.79 Å². The predicted molar refractivity (Wildman–Crippen MR) is 53.2 cm³/mol. The molecule has 0 saturated heterocycles. The van der Waals surface area contributed by atoms with Gasteiger partial charge in [-0.1, -0.05) is 5.57 Å². The van der Waals surface area contributed by atoms with Crippen LogP contribution in [0.2, 0.25) is 0 Å². The molecule has 0 radical (unpaired) electrons. The van der Waals surface area contributed by atoms with E-state index in [0.29, 0.717) is 13.1 Å². The van der Waals surface area contributed by atoms with Crippen molar-refractivity contribution in [2.45, 2.75) is 32.6 Å². The number of nitrogens with two attached hydrogens (primary N) is 1. The SMILES string of the molecule is CC(C(=O)NCCN)=C1CCCC1. The molecule has 3 N–H and O–H groups in total. The highest BCUT2D eigenvalue weighted by Gasteiger charge is 2.13. The third-order valence-corrected chi connectivity index (χ3v) is 2.51. The van der Waals surface area contributed by atoms with Gasteiger partial charge < -0.3 is 11.1 Å². The third kappa shape index (κ3) is 2.84. The van der Waals surface area contributed by atoms with E-state index in [9.17, 15) is 4.79 Å². The number of hydrogen-bond acceptors (Lipinski definition) is 2. The first-order valence-electron chi connectivity index (χ1n) is 4.92. The van der Waals surface area contributed by atoms with Gasteiger partial charge in [-0.2, -0.15) is 0 Å². The number of carbonyl (C=O) groups excluding carboxylic acids is 1. The quantitative estimate of drug-likeness (QED) is 0.638. The van der Waals surface area contributed by atoms with Crippen molar-refractivity contribution in [2.24, 2.45) is 5.73 Å². The van der Waals surface area contributed by atoms with Crippen LogP contribution < -0.4 is 11.1 Å². The zero-order chi connectivity index (χ0) is 9.68. The standard InChI is InChI=1S/C10H18N2O/c1-8(9-4-2-3-5-9)10(13)12-7-6-11/h2-7,11H2,1H3,(H,12,13). The van der Waals surface area contributed by atoms with E-state index in [1.807, 2.05) is 6.92 Å². The molecule has 3 nitrogen and oxygen atoms in total. The van der Waals surface area contributed by atoms with Gasteiger partial charge in [-0.05, 0) is 32.6 Å². The number of carbonyl (C=O) groups is 1. The molecule has 0 heterocycles. The summed E-state index contributed by atoms with van der Waals surface area (Å²) in [5, 5.41) is 2.79. The summed E-state index contributed by atoms with van der Waals surface area (Å²) in [4.78, 5) is 11.5. The molecule has 1 rings (SSSR count). The summed E-state index contributed by atoms with van der Waals surface area (Å²) in [6, 6.07) is 0. The molecule has 13 heavy (non-hydrogen) atoms. The molecular weight excluding hydrogens is 164 g/mol. The van der Waals surface area contributed by atoms with Crippen molar-refractivity contribution in [3.63, 3.8) is 0 Å². The van der Waals surface area contributed by atoms with Gasteiger partial charge in [-0.15, -0.1) is 0 Å². The van der Waals surface area contributed by atoms with Crippen LogP contribution in [0.25, 0.3) is 0 Å². The number of hydrogen-bond donors (Lipinski definition) is 2. The smallest absolute Gasteiger partial charge is 0.246 e. The van der Waals surface area contributed by atoms with Gasteiger partial charge in [0.15, 0.2) is 0 Å². The second kappa shape index (κ2) is 5.02. The molecule has 74 valence electrons. The average Bonchev–Trinajstić information content (AvgIpc) is 2.65. The molecule has 1 fully saturated rings. The molecule has 3 heteroatoms. The second-order valence-corrected chi connectivity index (χ2v) is 3.48. The molecule has 1 aliphatic carbocycles. The van der Waals surface area contributed by atoms with E-state index >= 15 is 0 Å². The van der Waals surface area contributed by atoms with Gasteiger partial charge in [-0.3, -0.25) is 4.79 Å². The molecule has 0 aliphatic heterocycles. The topological polar surface area (TPSA) is 55.1 Å². The normalized spacial score (nSPS) is 16.0. The van der Waals surface area contributed by atoms with Gasteiger partial charge in [-0.25, -0.2) is 0 Å². The molecule has 0 spiro atoms. The summed E-state index contributed by atoms with van der Waals surface area (Å²) < 4.78 is 0. The molecule has 0 aromatic carbocycles. The fourth-order valence-electron chi connectivity index (χ4n) is 1.66. The summed E-state index contributed by atoms with van der Waals surface area (Å²) >= 11 is 0. The van der Waals surface area contributed by atoms with E-state index in [-0.39, 0.29) is 5.91 Å². The van der Waals surface area contributed by atoms with Gasteiger partial charge in [0, 0.05) is 18.7 Å². The Bertz CT molecular complexity index is 213.